The Labute approximate surface area is 145 Å². The van der Waals surface area contributed by atoms with Crippen LogP contribution in [0.1, 0.15) is 25.0 Å². The Balaban J connectivity index is 1.71. The second kappa shape index (κ2) is 7.68. The summed E-state index contributed by atoms with van der Waals surface area (Å²) in [6, 6.07) is 11.6. The minimum atomic E-state index is 0.305. The summed E-state index contributed by atoms with van der Waals surface area (Å²) in [5.41, 5.74) is 2.70. The van der Waals surface area contributed by atoms with Crippen molar-refractivity contribution in [3.05, 3.63) is 36.0 Å². The first-order chi connectivity index (χ1) is 11.6. The summed E-state index contributed by atoms with van der Waals surface area (Å²) >= 11 is 0. The lowest BCUT2D eigenvalue weighted by Crippen LogP contribution is -2.48. The minimum Gasteiger partial charge on any atom is -0.396 e. The van der Waals surface area contributed by atoms with Gasteiger partial charge in [0.05, 0.1) is 0 Å². The highest BCUT2D eigenvalue weighted by atomic mass is 16.2. The normalized spacial score (nSPS) is 22.5. The lowest BCUT2D eigenvalue weighted by molar-refractivity contribution is 0.0706. The lowest BCUT2D eigenvalue weighted by Gasteiger charge is -2.41. The van der Waals surface area contributed by atoms with Crippen LogP contribution in [0.2, 0.25) is 0 Å². The van der Waals surface area contributed by atoms with E-state index in [1.807, 2.05) is 0 Å². The van der Waals surface area contributed by atoms with E-state index < -0.39 is 0 Å². The van der Waals surface area contributed by atoms with E-state index in [0.717, 1.165) is 32.5 Å². The van der Waals surface area contributed by atoms with Crippen molar-refractivity contribution in [3.8, 4) is 0 Å². The summed E-state index contributed by atoms with van der Waals surface area (Å²) < 4.78 is 2.33. The Morgan fingerprint density at radius 1 is 1.25 bits per heavy atom. The van der Waals surface area contributed by atoms with Crippen molar-refractivity contribution in [2.24, 2.45) is 13.0 Å². The van der Waals surface area contributed by atoms with Crippen molar-refractivity contribution in [3.63, 3.8) is 0 Å². The molecule has 4 nitrogen and oxygen atoms in total. The fourth-order valence-corrected chi connectivity index (χ4v) is 4.28. The standard InChI is InChI=1S/C20H31N3O/c1-21(2)19-10-11-23(14-17(19)8-6-12-24)15-18-13-16-7-4-5-9-20(16)22(18)3/h4-5,7,9,13,17,19,24H,6,8,10-12,14-15H2,1-3H3/t17-,19+/m0/s1. The molecule has 1 fully saturated rings. The molecule has 1 aromatic heterocycles. The predicted molar refractivity (Wildman–Crippen MR) is 100 cm³/mol. The van der Waals surface area contributed by atoms with Gasteiger partial charge in [0, 0.05) is 50.5 Å². The predicted octanol–water partition coefficient (Wildman–Crippen LogP) is 2.70. The van der Waals surface area contributed by atoms with Crippen LogP contribution in [0.25, 0.3) is 10.9 Å². The number of hydrogen-bond acceptors (Lipinski definition) is 3. The maximum atomic E-state index is 9.21. The van der Waals surface area contributed by atoms with Crippen molar-refractivity contribution in [1.29, 1.82) is 0 Å². The van der Waals surface area contributed by atoms with Crippen LogP contribution in [0.15, 0.2) is 30.3 Å². The summed E-state index contributed by atoms with van der Waals surface area (Å²) in [7, 11) is 6.56. The van der Waals surface area contributed by atoms with Crippen LogP contribution in [-0.4, -0.2) is 59.3 Å². The van der Waals surface area contributed by atoms with Crippen LogP contribution in [0.3, 0.4) is 0 Å². The fraction of sp³-hybridized carbons (Fsp3) is 0.600. The fourth-order valence-electron chi connectivity index (χ4n) is 4.28. The molecule has 132 valence electrons. The Kier molecular flexibility index (Phi) is 5.59. The summed E-state index contributed by atoms with van der Waals surface area (Å²) in [6.07, 6.45) is 3.24. The van der Waals surface area contributed by atoms with Gasteiger partial charge < -0.3 is 14.6 Å². The van der Waals surface area contributed by atoms with Gasteiger partial charge in [-0.2, -0.15) is 0 Å². The third-order valence-corrected chi connectivity index (χ3v) is 5.61. The van der Waals surface area contributed by atoms with E-state index in [1.165, 1.54) is 23.0 Å². The average molecular weight is 329 g/mol. The lowest BCUT2D eigenvalue weighted by atomic mass is 9.87. The minimum absolute atomic E-state index is 0.305. The van der Waals surface area contributed by atoms with Crippen LogP contribution in [0, 0.1) is 5.92 Å². The van der Waals surface area contributed by atoms with Crippen LogP contribution in [0.4, 0.5) is 0 Å². The largest absolute Gasteiger partial charge is 0.396 e. The van der Waals surface area contributed by atoms with Gasteiger partial charge in [0.15, 0.2) is 0 Å². The SMILES string of the molecule is CN(C)[C@@H]1CCN(Cc2cc3ccccc3n2C)C[C@@H]1CCCO. The maximum Gasteiger partial charge on any atom is 0.0480 e. The van der Waals surface area contributed by atoms with E-state index in [2.05, 4.69) is 65.8 Å². The van der Waals surface area contributed by atoms with Crippen LogP contribution >= 0.6 is 0 Å². The molecule has 0 bridgehead atoms. The van der Waals surface area contributed by atoms with Crippen LogP contribution in [0.5, 0.6) is 0 Å². The second-order valence-electron chi connectivity index (χ2n) is 7.43. The molecule has 1 aliphatic heterocycles. The highest BCUT2D eigenvalue weighted by Gasteiger charge is 2.30. The molecule has 0 unspecified atom stereocenters. The van der Waals surface area contributed by atoms with Gasteiger partial charge >= 0.3 is 0 Å². The first kappa shape index (κ1) is 17.5. The monoisotopic (exact) mass is 329 g/mol. The molecule has 0 spiro atoms. The number of nitrogens with zero attached hydrogens (tertiary/aromatic N) is 3. The molecule has 1 N–H and O–H groups in total. The third-order valence-electron chi connectivity index (χ3n) is 5.61. The zero-order valence-electron chi connectivity index (χ0n) is 15.3. The van der Waals surface area contributed by atoms with Crippen molar-refractivity contribution in [2.45, 2.75) is 31.8 Å². The number of likely N-dealkylation sites (tertiary alicyclic amines) is 1. The van der Waals surface area contributed by atoms with Crippen molar-refractivity contribution in [2.75, 3.05) is 33.8 Å². The molecular formula is C20H31N3O. The quantitative estimate of drug-likeness (QED) is 0.884. The molecule has 1 aromatic carbocycles. The summed E-state index contributed by atoms with van der Waals surface area (Å²) in [6.45, 7) is 3.60. The average Bonchev–Trinajstić information content (AvgIpc) is 2.89. The molecule has 2 atom stereocenters. The summed E-state index contributed by atoms with van der Waals surface area (Å²) in [5.74, 6) is 0.649. The van der Waals surface area contributed by atoms with Gasteiger partial charge in [0.1, 0.15) is 0 Å². The van der Waals surface area contributed by atoms with Crippen LogP contribution in [-0.2, 0) is 13.6 Å². The number of benzene rings is 1. The molecular weight excluding hydrogens is 298 g/mol. The molecule has 2 aromatic rings. The molecule has 24 heavy (non-hydrogen) atoms. The van der Waals surface area contributed by atoms with E-state index in [9.17, 15) is 5.11 Å². The van der Waals surface area contributed by atoms with Crippen LogP contribution < -0.4 is 0 Å². The smallest absolute Gasteiger partial charge is 0.0480 e. The van der Waals surface area contributed by atoms with E-state index in [1.54, 1.807) is 0 Å². The number of para-hydroxylation sites is 1. The maximum absolute atomic E-state index is 9.21. The van der Waals surface area contributed by atoms with E-state index in [4.69, 9.17) is 0 Å². The summed E-state index contributed by atoms with van der Waals surface area (Å²) in [5, 5.41) is 10.5. The first-order valence-corrected chi connectivity index (χ1v) is 9.13. The number of aryl methyl sites for hydroxylation is 1. The molecule has 1 saturated heterocycles. The molecule has 0 radical (unpaired) electrons. The topological polar surface area (TPSA) is 31.6 Å². The number of hydrogen-bond donors (Lipinski definition) is 1. The van der Waals surface area contributed by atoms with Crippen molar-refractivity contribution in [1.82, 2.24) is 14.4 Å². The highest BCUT2D eigenvalue weighted by molar-refractivity contribution is 5.81. The Morgan fingerprint density at radius 3 is 2.75 bits per heavy atom. The van der Waals surface area contributed by atoms with Gasteiger partial charge in [-0.3, -0.25) is 4.90 Å². The van der Waals surface area contributed by atoms with Crippen molar-refractivity contribution >= 4 is 10.9 Å². The third kappa shape index (κ3) is 3.66. The van der Waals surface area contributed by atoms with E-state index >= 15 is 0 Å². The zero-order valence-corrected chi connectivity index (χ0v) is 15.3. The molecule has 3 rings (SSSR count). The molecule has 0 amide bonds. The van der Waals surface area contributed by atoms with Gasteiger partial charge in [-0.05, 0) is 56.8 Å². The van der Waals surface area contributed by atoms with Crippen molar-refractivity contribution < 1.29 is 5.11 Å². The number of aliphatic hydroxyl groups excluding tert-OH is 1. The first-order valence-electron chi connectivity index (χ1n) is 9.13. The Bertz CT molecular complexity index is 664. The number of aromatic nitrogens is 1. The zero-order chi connectivity index (χ0) is 17.1. The number of rotatable bonds is 6. The molecule has 0 saturated carbocycles. The van der Waals surface area contributed by atoms with E-state index in [-0.39, 0.29) is 0 Å². The van der Waals surface area contributed by atoms with Gasteiger partial charge in [-0.1, -0.05) is 18.2 Å². The second-order valence-corrected chi connectivity index (χ2v) is 7.43. The van der Waals surface area contributed by atoms with Gasteiger partial charge in [-0.15, -0.1) is 0 Å². The molecule has 4 heteroatoms. The Hall–Kier alpha value is -1.36. The van der Waals surface area contributed by atoms with E-state index in [0.29, 0.717) is 18.6 Å². The number of aliphatic hydroxyl groups is 1. The van der Waals surface area contributed by atoms with Gasteiger partial charge in [0.25, 0.3) is 0 Å². The van der Waals surface area contributed by atoms with Gasteiger partial charge in [-0.25, -0.2) is 0 Å². The highest BCUT2D eigenvalue weighted by Crippen LogP contribution is 2.27. The molecule has 2 heterocycles. The molecule has 0 aliphatic carbocycles. The summed E-state index contributed by atoms with van der Waals surface area (Å²) in [4.78, 5) is 4.96. The molecule has 1 aliphatic rings. The number of fused-ring (bicyclic) bond motifs is 1. The Morgan fingerprint density at radius 2 is 2.04 bits per heavy atom. The number of piperidine rings is 1. The van der Waals surface area contributed by atoms with Gasteiger partial charge in [0.2, 0.25) is 0 Å².